The number of carbonyl (C=O) groups is 1. The third kappa shape index (κ3) is 3.46. The van der Waals surface area contributed by atoms with Crippen LogP contribution < -0.4 is 10.6 Å². The standard InChI is InChI=1S/C12H23N3O/c16-12(15-6-1-2-7-15)10-14-9-11-4-3-5-13-8-11/h11,13-14H,1-10H2. The number of nitrogens with zero attached hydrogens (tertiary/aromatic N) is 1. The Morgan fingerprint density at radius 1 is 1.31 bits per heavy atom. The Kier molecular flexibility index (Phi) is 4.60. The molecule has 16 heavy (non-hydrogen) atoms. The predicted octanol–water partition coefficient (Wildman–Crippen LogP) is 0.198. The summed E-state index contributed by atoms with van der Waals surface area (Å²) in [6.07, 6.45) is 4.92. The maximum absolute atomic E-state index is 11.7. The molecule has 0 aliphatic carbocycles. The average Bonchev–Trinajstić information content (AvgIpc) is 2.84. The molecule has 1 unspecified atom stereocenters. The summed E-state index contributed by atoms with van der Waals surface area (Å²) in [5.74, 6) is 0.987. The molecule has 2 saturated heterocycles. The van der Waals surface area contributed by atoms with Gasteiger partial charge in [-0.05, 0) is 51.2 Å². The second-order valence-corrected chi connectivity index (χ2v) is 4.93. The number of likely N-dealkylation sites (tertiary alicyclic amines) is 1. The van der Waals surface area contributed by atoms with Crippen LogP contribution in [-0.2, 0) is 4.79 Å². The van der Waals surface area contributed by atoms with E-state index >= 15 is 0 Å². The van der Waals surface area contributed by atoms with Crippen molar-refractivity contribution in [2.75, 3.05) is 39.3 Å². The van der Waals surface area contributed by atoms with Gasteiger partial charge in [-0.15, -0.1) is 0 Å². The molecule has 2 heterocycles. The van der Waals surface area contributed by atoms with Crippen LogP contribution in [0.5, 0.6) is 0 Å². The van der Waals surface area contributed by atoms with Crippen LogP contribution in [0.3, 0.4) is 0 Å². The highest BCUT2D eigenvalue weighted by Crippen LogP contribution is 2.09. The van der Waals surface area contributed by atoms with Gasteiger partial charge in [-0.25, -0.2) is 0 Å². The Morgan fingerprint density at radius 3 is 2.81 bits per heavy atom. The van der Waals surface area contributed by atoms with Crippen molar-refractivity contribution in [2.45, 2.75) is 25.7 Å². The Bertz CT molecular complexity index is 220. The first-order chi connectivity index (χ1) is 7.86. The van der Waals surface area contributed by atoms with Crippen LogP contribution in [0.2, 0.25) is 0 Å². The number of hydrogen-bond donors (Lipinski definition) is 2. The van der Waals surface area contributed by atoms with Gasteiger partial charge in [-0.3, -0.25) is 4.79 Å². The summed E-state index contributed by atoms with van der Waals surface area (Å²) in [6.45, 7) is 5.69. The van der Waals surface area contributed by atoms with E-state index in [0.29, 0.717) is 12.5 Å². The summed E-state index contributed by atoms with van der Waals surface area (Å²) in [7, 11) is 0. The van der Waals surface area contributed by atoms with Crippen molar-refractivity contribution >= 4 is 5.91 Å². The van der Waals surface area contributed by atoms with Crippen LogP contribution in [0, 0.1) is 5.92 Å². The summed E-state index contributed by atoms with van der Waals surface area (Å²) in [4.78, 5) is 13.7. The number of amides is 1. The van der Waals surface area contributed by atoms with Crippen molar-refractivity contribution in [3.63, 3.8) is 0 Å². The quantitative estimate of drug-likeness (QED) is 0.718. The lowest BCUT2D eigenvalue weighted by molar-refractivity contribution is -0.129. The van der Waals surface area contributed by atoms with Gasteiger partial charge < -0.3 is 15.5 Å². The Morgan fingerprint density at radius 2 is 2.12 bits per heavy atom. The van der Waals surface area contributed by atoms with Gasteiger partial charge in [0.2, 0.25) is 5.91 Å². The monoisotopic (exact) mass is 225 g/mol. The van der Waals surface area contributed by atoms with E-state index in [9.17, 15) is 4.79 Å². The van der Waals surface area contributed by atoms with Crippen molar-refractivity contribution in [1.82, 2.24) is 15.5 Å². The molecule has 0 aromatic rings. The molecule has 0 saturated carbocycles. The third-order valence-corrected chi connectivity index (χ3v) is 3.57. The van der Waals surface area contributed by atoms with Gasteiger partial charge in [0.05, 0.1) is 6.54 Å². The minimum atomic E-state index is 0.279. The minimum Gasteiger partial charge on any atom is -0.342 e. The fraction of sp³-hybridized carbons (Fsp3) is 0.917. The zero-order valence-corrected chi connectivity index (χ0v) is 10.0. The van der Waals surface area contributed by atoms with Crippen molar-refractivity contribution in [3.05, 3.63) is 0 Å². The van der Waals surface area contributed by atoms with E-state index in [2.05, 4.69) is 10.6 Å². The SMILES string of the molecule is O=C(CNCC1CCCNC1)N1CCCC1. The van der Waals surface area contributed by atoms with Crippen LogP contribution in [0.4, 0.5) is 0 Å². The average molecular weight is 225 g/mol. The number of hydrogen-bond acceptors (Lipinski definition) is 3. The topological polar surface area (TPSA) is 44.4 Å². The van der Waals surface area contributed by atoms with Gasteiger partial charge in [-0.2, -0.15) is 0 Å². The predicted molar refractivity (Wildman–Crippen MR) is 64.3 cm³/mol. The lowest BCUT2D eigenvalue weighted by atomic mass is 10.00. The first-order valence-corrected chi connectivity index (χ1v) is 6.55. The van der Waals surface area contributed by atoms with E-state index in [1.54, 1.807) is 0 Å². The third-order valence-electron chi connectivity index (χ3n) is 3.57. The summed E-state index contributed by atoms with van der Waals surface area (Å²) in [5, 5.41) is 6.69. The van der Waals surface area contributed by atoms with Crippen molar-refractivity contribution < 1.29 is 4.79 Å². The van der Waals surface area contributed by atoms with Crippen molar-refractivity contribution in [2.24, 2.45) is 5.92 Å². The van der Waals surface area contributed by atoms with E-state index in [4.69, 9.17) is 0 Å². The summed E-state index contributed by atoms with van der Waals surface area (Å²) in [6, 6.07) is 0. The van der Waals surface area contributed by atoms with E-state index in [-0.39, 0.29) is 5.91 Å². The molecule has 2 aliphatic rings. The van der Waals surface area contributed by atoms with Gasteiger partial charge in [0.25, 0.3) is 0 Å². The molecular formula is C12H23N3O. The van der Waals surface area contributed by atoms with Crippen LogP contribution in [0.25, 0.3) is 0 Å². The summed E-state index contributed by atoms with van der Waals surface area (Å²) in [5.41, 5.74) is 0. The molecule has 2 N–H and O–H groups in total. The van der Waals surface area contributed by atoms with Crippen LogP contribution in [0.15, 0.2) is 0 Å². The van der Waals surface area contributed by atoms with Gasteiger partial charge in [-0.1, -0.05) is 0 Å². The minimum absolute atomic E-state index is 0.279. The zero-order valence-electron chi connectivity index (χ0n) is 10.0. The Balaban J connectivity index is 1.57. The second-order valence-electron chi connectivity index (χ2n) is 4.93. The molecule has 0 aromatic carbocycles. The summed E-state index contributed by atoms with van der Waals surface area (Å²) >= 11 is 0. The molecule has 2 rings (SSSR count). The largest absolute Gasteiger partial charge is 0.342 e. The Hall–Kier alpha value is -0.610. The first-order valence-electron chi connectivity index (χ1n) is 6.55. The van der Waals surface area contributed by atoms with Crippen LogP contribution in [-0.4, -0.2) is 50.1 Å². The normalized spacial score (nSPS) is 26.0. The molecule has 0 radical (unpaired) electrons. The van der Waals surface area contributed by atoms with Crippen LogP contribution in [0.1, 0.15) is 25.7 Å². The number of nitrogens with one attached hydrogen (secondary N) is 2. The number of rotatable bonds is 4. The smallest absolute Gasteiger partial charge is 0.236 e. The molecule has 0 spiro atoms. The van der Waals surface area contributed by atoms with Crippen molar-refractivity contribution in [3.8, 4) is 0 Å². The maximum Gasteiger partial charge on any atom is 0.236 e. The highest BCUT2D eigenvalue weighted by molar-refractivity contribution is 5.78. The molecule has 0 aromatic heterocycles. The highest BCUT2D eigenvalue weighted by Gasteiger charge is 2.18. The lowest BCUT2D eigenvalue weighted by Crippen LogP contribution is -2.41. The van der Waals surface area contributed by atoms with E-state index in [1.165, 1.54) is 25.7 Å². The van der Waals surface area contributed by atoms with Gasteiger partial charge in [0, 0.05) is 13.1 Å². The maximum atomic E-state index is 11.7. The van der Waals surface area contributed by atoms with E-state index in [0.717, 1.165) is 32.7 Å². The second kappa shape index (κ2) is 6.21. The van der Waals surface area contributed by atoms with Gasteiger partial charge >= 0.3 is 0 Å². The highest BCUT2D eigenvalue weighted by atomic mass is 16.2. The molecule has 1 amide bonds. The molecule has 2 aliphatic heterocycles. The fourth-order valence-corrected chi connectivity index (χ4v) is 2.56. The zero-order chi connectivity index (χ0) is 11.2. The number of carbonyl (C=O) groups excluding carboxylic acids is 1. The first kappa shape index (κ1) is 11.9. The molecular weight excluding hydrogens is 202 g/mol. The van der Waals surface area contributed by atoms with E-state index < -0.39 is 0 Å². The number of piperidine rings is 1. The molecule has 1 atom stereocenters. The summed E-state index contributed by atoms with van der Waals surface area (Å²) < 4.78 is 0. The lowest BCUT2D eigenvalue weighted by Gasteiger charge is -2.23. The Labute approximate surface area is 97.8 Å². The molecule has 0 bridgehead atoms. The fourth-order valence-electron chi connectivity index (χ4n) is 2.56. The molecule has 2 fully saturated rings. The van der Waals surface area contributed by atoms with Gasteiger partial charge in [0.15, 0.2) is 0 Å². The van der Waals surface area contributed by atoms with E-state index in [1.807, 2.05) is 4.90 Å². The van der Waals surface area contributed by atoms with Gasteiger partial charge in [0.1, 0.15) is 0 Å². The molecule has 92 valence electrons. The molecule has 4 heteroatoms. The van der Waals surface area contributed by atoms with Crippen LogP contribution >= 0.6 is 0 Å². The molecule has 4 nitrogen and oxygen atoms in total. The van der Waals surface area contributed by atoms with Crippen molar-refractivity contribution in [1.29, 1.82) is 0 Å².